The number of primary amides is 1. The van der Waals surface area contributed by atoms with Gasteiger partial charge >= 0.3 is 0 Å². The Morgan fingerprint density at radius 1 is 0.949 bits per heavy atom. The summed E-state index contributed by atoms with van der Waals surface area (Å²) in [6.45, 7) is 7.62. The molecule has 6 aromatic rings. The molecule has 0 bridgehead atoms. The third-order valence-corrected chi connectivity index (χ3v) is 7.39. The molecule has 0 unspecified atom stereocenters. The van der Waals surface area contributed by atoms with Crippen LogP contribution < -0.4 is 11.1 Å². The fourth-order valence-corrected chi connectivity index (χ4v) is 5.28. The Balaban J connectivity index is 1.55. The van der Waals surface area contributed by atoms with Gasteiger partial charge in [0.1, 0.15) is 12.1 Å². The van der Waals surface area contributed by atoms with Crippen LogP contribution in [0.15, 0.2) is 73.1 Å². The van der Waals surface area contributed by atoms with Crippen LogP contribution in [0.5, 0.6) is 0 Å². The van der Waals surface area contributed by atoms with Gasteiger partial charge < -0.3 is 21.1 Å². The van der Waals surface area contributed by atoms with E-state index in [-0.39, 0.29) is 0 Å². The summed E-state index contributed by atoms with van der Waals surface area (Å²) in [6.07, 6.45) is 1.57. The minimum absolute atomic E-state index is 0.421. The van der Waals surface area contributed by atoms with Crippen molar-refractivity contribution in [2.24, 2.45) is 5.73 Å². The number of benzene rings is 4. The molecule has 0 radical (unpaired) electrons. The van der Waals surface area contributed by atoms with Gasteiger partial charge in [0.2, 0.25) is 0 Å². The number of aromatic nitrogens is 3. The first-order valence-electron chi connectivity index (χ1n) is 12.8. The maximum Gasteiger partial charge on any atom is 0.250 e. The van der Waals surface area contributed by atoms with Crippen LogP contribution in [0.1, 0.15) is 40.9 Å². The lowest BCUT2D eigenvalue weighted by Crippen LogP contribution is -2.14. The molecular formula is C32H29N5O2. The first kappa shape index (κ1) is 24.6. The molecular weight excluding hydrogens is 486 g/mol. The molecule has 0 aliphatic carbocycles. The van der Waals surface area contributed by atoms with Crippen LogP contribution in [0.25, 0.3) is 43.8 Å². The lowest BCUT2D eigenvalue weighted by molar-refractivity contribution is 0.0787. The minimum Gasteiger partial charge on any atom is -0.386 e. The summed E-state index contributed by atoms with van der Waals surface area (Å²) < 4.78 is 0. The minimum atomic E-state index is -0.999. The van der Waals surface area contributed by atoms with Gasteiger partial charge in [-0.1, -0.05) is 42.0 Å². The summed E-state index contributed by atoms with van der Waals surface area (Å²) >= 11 is 0. The SMILES string of the molecule is Cc1ccc2ncnc(Nc3cccc(-c4ccc(C(N)=O)c5[nH]c6cc(C(C)(C)O)ccc6c45)c3C)c2c1. The van der Waals surface area contributed by atoms with E-state index in [1.165, 1.54) is 0 Å². The Bertz CT molecular complexity index is 1930. The van der Waals surface area contributed by atoms with Gasteiger partial charge in [0.05, 0.1) is 22.2 Å². The zero-order chi connectivity index (χ0) is 27.5. The number of nitrogens with two attached hydrogens (primary N) is 1. The van der Waals surface area contributed by atoms with E-state index in [0.717, 1.165) is 66.5 Å². The third-order valence-electron chi connectivity index (χ3n) is 7.39. The lowest BCUT2D eigenvalue weighted by atomic mass is 9.92. The monoisotopic (exact) mass is 515 g/mol. The first-order valence-corrected chi connectivity index (χ1v) is 12.8. The number of aryl methyl sites for hydroxylation is 1. The van der Waals surface area contributed by atoms with Gasteiger partial charge in [-0.2, -0.15) is 0 Å². The molecule has 1 amide bonds. The number of hydrogen-bond donors (Lipinski definition) is 4. The Morgan fingerprint density at radius 3 is 2.54 bits per heavy atom. The second kappa shape index (κ2) is 8.92. The number of hydrogen-bond acceptors (Lipinski definition) is 5. The molecule has 194 valence electrons. The number of fused-ring (bicyclic) bond motifs is 4. The molecule has 0 saturated heterocycles. The number of rotatable bonds is 5. The number of carbonyl (C=O) groups is 1. The molecule has 0 fully saturated rings. The number of aromatic amines is 1. The van der Waals surface area contributed by atoms with Crippen molar-refractivity contribution in [3.05, 3.63) is 95.3 Å². The zero-order valence-electron chi connectivity index (χ0n) is 22.3. The predicted octanol–water partition coefficient (Wildman–Crippen LogP) is 6.62. The molecule has 39 heavy (non-hydrogen) atoms. The van der Waals surface area contributed by atoms with Crippen molar-refractivity contribution in [2.75, 3.05) is 5.32 Å². The van der Waals surface area contributed by atoms with Crippen LogP contribution in [0.3, 0.4) is 0 Å². The molecule has 2 aromatic heterocycles. The molecule has 0 spiro atoms. The van der Waals surface area contributed by atoms with Crippen molar-refractivity contribution >= 4 is 50.1 Å². The molecule has 0 atom stereocenters. The number of nitrogens with zero attached hydrogens (tertiary/aromatic N) is 2. The number of H-pyrrole nitrogens is 1. The first-order chi connectivity index (χ1) is 18.6. The smallest absolute Gasteiger partial charge is 0.250 e. The van der Waals surface area contributed by atoms with E-state index < -0.39 is 11.5 Å². The zero-order valence-corrected chi connectivity index (χ0v) is 22.3. The normalized spacial score (nSPS) is 11.9. The van der Waals surface area contributed by atoms with Gasteiger partial charge in [0.25, 0.3) is 5.91 Å². The molecule has 5 N–H and O–H groups in total. The van der Waals surface area contributed by atoms with E-state index in [9.17, 15) is 9.90 Å². The Labute approximate surface area is 225 Å². The van der Waals surface area contributed by atoms with Crippen LogP contribution in [0.4, 0.5) is 11.5 Å². The van der Waals surface area contributed by atoms with Crippen LogP contribution in [0.2, 0.25) is 0 Å². The summed E-state index contributed by atoms with van der Waals surface area (Å²) in [4.78, 5) is 24.7. The standard InChI is InChI=1S/C32H29N5O2/c1-17-8-13-26-24(14-17)31(35-16-34-26)37-25-7-5-6-20(18(25)2)21-11-12-23(30(33)38)29-28(21)22-10-9-19(32(3,4)39)15-27(22)36-29/h5-16,36,39H,1-4H3,(H2,33,38)(H,34,35,37). The van der Waals surface area contributed by atoms with Crippen LogP contribution >= 0.6 is 0 Å². The van der Waals surface area contributed by atoms with Crippen molar-refractivity contribution in [1.29, 1.82) is 0 Å². The maximum atomic E-state index is 12.4. The largest absolute Gasteiger partial charge is 0.386 e. The Hall–Kier alpha value is -4.75. The van der Waals surface area contributed by atoms with Crippen molar-refractivity contribution < 1.29 is 9.90 Å². The number of aliphatic hydroxyl groups is 1. The molecule has 0 aliphatic heterocycles. The van der Waals surface area contributed by atoms with Crippen molar-refractivity contribution in [3.8, 4) is 11.1 Å². The average molecular weight is 516 g/mol. The van der Waals surface area contributed by atoms with Crippen LogP contribution in [-0.4, -0.2) is 26.0 Å². The Morgan fingerprint density at radius 2 is 1.77 bits per heavy atom. The highest BCUT2D eigenvalue weighted by molar-refractivity contribution is 6.20. The number of nitrogens with one attached hydrogen (secondary N) is 2. The van der Waals surface area contributed by atoms with E-state index in [2.05, 4.69) is 46.2 Å². The molecule has 0 aliphatic rings. The lowest BCUT2D eigenvalue weighted by Gasteiger charge is -2.17. The highest BCUT2D eigenvalue weighted by Crippen LogP contribution is 2.40. The molecule has 7 heteroatoms. The highest BCUT2D eigenvalue weighted by Gasteiger charge is 2.21. The summed E-state index contributed by atoms with van der Waals surface area (Å²) in [6, 6.07) is 21.8. The van der Waals surface area contributed by atoms with E-state index in [4.69, 9.17) is 5.73 Å². The van der Waals surface area contributed by atoms with Gasteiger partial charge in [-0.25, -0.2) is 9.97 Å². The second-order valence-electron chi connectivity index (χ2n) is 10.6. The molecule has 4 aromatic carbocycles. The van der Waals surface area contributed by atoms with Crippen LogP contribution in [0, 0.1) is 13.8 Å². The highest BCUT2D eigenvalue weighted by atomic mass is 16.3. The topological polar surface area (TPSA) is 117 Å². The van der Waals surface area contributed by atoms with Crippen molar-refractivity contribution in [1.82, 2.24) is 15.0 Å². The van der Waals surface area contributed by atoms with Gasteiger partial charge in [0.15, 0.2) is 0 Å². The quantitative estimate of drug-likeness (QED) is 0.206. The summed E-state index contributed by atoms with van der Waals surface area (Å²) in [5.74, 6) is 0.239. The Kier molecular flexibility index (Phi) is 5.62. The van der Waals surface area contributed by atoms with E-state index >= 15 is 0 Å². The average Bonchev–Trinajstić information content (AvgIpc) is 3.28. The van der Waals surface area contributed by atoms with Crippen molar-refractivity contribution in [2.45, 2.75) is 33.3 Å². The predicted molar refractivity (Wildman–Crippen MR) is 157 cm³/mol. The molecule has 0 saturated carbocycles. The summed E-state index contributed by atoms with van der Waals surface area (Å²) in [5, 5.41) is 16.9. The molecule has 6 rings (SSSR count). The van der Waals surface area contributed by atoms with E-state index in [1.54, 1.807) is 26.2 Å². The van der Waals surface area contributed by atoms with Gasteiger partial charge in [-0.3, -0.25) is 4.79 Å². The van der Waals surface area contributed by atoms with E-state index in [1.807, 2.05) is 48.5 Å². The van der Waals surface area contributed by atoms with Gasteiger partial charge in [-0.05, 0) is 80.3 Å². The number of amides is 1. The van der Waals surface area contributed by atoms with Gasteiger partial charge in [-0.15, -0.1) is 0 Å². The van der Waals surface area contributed by atoms with E-state index in [0.29, 0.717) is 11.1 Å². The molecule has 7 nitrogen and oxygen atoms in total. The third kappa shape index (κ3) is 4.17. The maximum absolute atomic E-state index is 12.4. The number of anilines is 2. The number of carbonyl (C=O) groups excluding carboxylic acids is 1. The van der Waals surface area contributed by atoms with Crippen molar-refractivity contribution in [3.63, 3.8) is 0 Å². The fraction of sp³-hybridized carbons (Fsp3) is 0.156. The second-order valence-corrected chi connectivity index (χ2v) is 10.6. The summed E-state index contributed by atoms with van der Waals surface area (Å²) in [5.41, 5.74) is 13.4. The van der Waals surface area contributed by atoms with Crippen LogP contribution in [-0.2, 0) is 5.60 Å². The fourth-order valence-electron chi connectivity index (χ4n) is 5.28. The molecule has 2 heterocycles. The summed E-state index contributed by atoms with van der Waals surface area (Å²) in [7, 11) is 0. The van der Waals surface area contributed by atoms with Gasteiger partial charge in [0, 0.05) is 27.4 Å².